The summed E-state index contributed by atoms with van der Waals surface area (Å²) in [4.78, 5) is 15.2. The van der Waals surface area contributed by atoms with Crippen LogP contribution in [-0.2, 0) is 4.79 Å². The van der Waals surface area contributed by atoms with Gasteiger partial charge in [-0.25, -0.2) is 4.79 Å². The van der Waals surface area contributed by atoms with E-state index in [0.717, 1.165) is 0 Å². The lowest BCUT2D eigenvalue weighted by atomic mass is 10.0. The number of aromatic nitrogens is 1. The molecule has 0 radical (unpaired) electrons. The molecule has 1 N–H and O–H groups in total. The fourth-order valence-electron chi connectivity index (χ4n) is 1.54. The molecule has 0 spiro atoms. The Morgan fingerprint density at radius 3 is 2.61 bits per heavy atom. The molecule has 90 valence electrons. The maximum atomic E-state index is 11.3. The van der Waals surface area contributed by atoms with Crippen molar-refractivity contribution in [1.82, 2.24) is 4.98 Å². The lowest BCUT2D eigenvalue weighted by Crippen LogP contribution is -2.00. The summed E-state index contributed by atoms with van der Waals surface area (Å²) in [6, 6.07) is 10.5. The van der Waals surface area contributed by atoms with Gasteiger partial charge in [0.2, 0.25) is 0 Å². The maximum Gasteiger partial charge on any atom is 0.336 e. The van der Waals surface area contributed by atoms with Crippen molar-refractivity contribution in [2.75, 3.05) is 0 Å². The predicted molar refractivity (Wildman–Crippen MR) is 71.2 cm³/mol. The number of hydrogen-bond donors (Lipinski definition) is 1. The van der Waals surface area contributed by atoms with Crippen LogP contribution in [0.1, 0.15) is 11.1 Å². The number of hydrogen-bond acceptors (Lipinski definition) is 2. The summed E-state index contributed by atoms with van der Waals surface area (Å²) in [6.07, 6.45) is 4.65. The molecular formula is C14H10ClNO2. The van der Waals surface area contributed by atoms with Gasteiger partial charge in [0.05, 0.1) is 5.57 Å². The van der Waals surface area contributed by atoms with Crippen molar-refractivity contribution in [3.05, 3.63) is 64.9 Å². The molecule has 1 aromatic carbocycles. The number of halogens is 1. The van der Waals surface area contributed by atoms with Crippen LogP contribution >= 0.6 is 11.6 Å². The van der Waals surface area contributed by atoms with Gasteiger partial charge in [-0.2, -0.15) is 0 Å². The van der Waals surface area contributed by atoms with Crippen molar-refractivity contribution < 1.29 is 9.90 Å². The Labute approximate surface area is 109 Å². The minimum Gasteiger partial charge on any atom is -0.478 e. The Balaban J connectivity index is 2.50. The van der Waals surface area contributed by atoms with Crippen LogP contribution in [0.5, 0.6) is 0 Å². The van der Waals surface area contributed by atoms with E-state index < -0.39 is 5.97 Å². The highest BCUT2D eigenvalue weighted by atomic mass is 35.5. The first-order chi connectivity index (χ1) is 8.68. The lowest BCUT2D eigenvalue weighted by molar-refractivity contribution is -0.130. The van der Waals surface area contributed by atoms with E-state index in [0.29, 0.717) is 16.1 Å². The van der Waals surface area contributed by atoms with Gasteiger partial charge in [0.15, 0.2) is 0 Å². The highest BCUT2D eigenvalue weighted by Gasteiger charge is 2.11. The summed E-state index contributed by atoms with van der Waals surface area (Å²) >= 11 is 6.01. The average molecular weight is 260 g/mol. The van der Waals surface area contributed by atoms with E-state index in [4.69, 9.17) is 11.6 Å². The molecule has 3 nitrogen and oxygen atoms in total. The molecule has 0 atom stereocenters. The SMILES string of the molecule is O=C(O)/C(=C/c1ccccc1Cl)c1cccnc1. The predicted octanol–water partition coefficient (Wildman–Crippen LogP) is 3.36. The molecule has 0 aliphatic rings. The largest absolute Gasteiger partial charge is 0.478 e. The van der Waals surface area contributed by atoms with Gasteiger partial charge in [-0.1, -0.05) is 35.9 Å². The molecule has 1 aromatic heterocycles. The lowest BCUT2D eigenvalue weighted by Gasteiger charge is -2.03. The number of carboxylic acid groups (broad SMARTS) is 1. The van der Waals surface area contributed by atoms with Crippen LogP contribution in [0, 0.1) is 0 Å². The van der Waals surface area contributed by atoms with Gasteiger partial charge >= 0.3 is 5.97 Å². The van der Waals surface area contributed by atoms with Crippen LogP contribution in [0.2, 0.25) is 5.02 Å². The number of benzene rings is 1. The highest BCUT2D eigenvalue weighted by Crippen LogP contribution is 2.22. The van der Waals surface area contributed by atoms with Crippen molar-refractivity contribution in [1.29, 1.82) is 0 Å². The van der Waals surface area contributed by atoms with Gasteiger partial charge in [-0.3, -0.25) is 4.98 Å². The zero-order chi connectivity index (χ0) is 13.0. The fourth-order valence-corrected chi connectivity index (χ4v) is 1.73. The van der Waals surface area contributed by atoms with E-state index in [1.165, 1.54) is 6.20 Å². The van der Waals surface area contributed by atoms with E-state index in [1.807, 2.05) is 0 Å². The van der Waals surface area contributed by atoms with Gasteiger partial charge in [0.1, 0.15) is 0 Å². The summed E-state index contributed by atoms with van der Waals surface area (Å²) in [5.41, 5.74) is 1.38. The molecule has 0 fully saturated rings. The summed E-state index contributed by atoms with van der Waals surface area (Å²) in [5, 5.41) is 9.75. The number of aliphatic carboxylic acids is 1. The second-order valence-corrected chi connectivity index (χ2v) is 4.03. The molecule has 0 saturated carbocycles. The topological polar surface area (TPSA) is 50.2 Å². The van der Waals surface area contributed by atoms with Gasteiger partial charge in [0.25, 0.3) is 0 Å². The quantitative estimate of drug-likeness (QED) is 0.860. The molecule has 0 aliphatic carbocycles. The number of carboxylic acids is 1. The summed E-state index contributed by atoms with van der Waals surface area (Å²) in [7, 11) is 0. The molecular weight excluding hydrogens is 250 g/mol. The molecule has 0 unspecified atom stereocenters. The third kappa shape index (κ3) is 2.76. The number of nitrogens with zero attached hydrogens (tertiary/aromatic N) is 1. The van der Waals surface area contributed by atoms with Crippen LogP contribution in [0.15, 0.2) is 48.8 Å². The van der Waals surface area contributed by atoms with Crippen LogP contribution < -0.4 is 0 Å². The molecule has 2 aromatic rings. The maximum absolute atomic E-state index is 11.3. The monoisotopic (exact) mass is 259 g/mol. The fraction of sp³-hybridized carbons (Fsp3) is 0. The normalized spacial score (nSPS) is 11.3. The van der Waals surface area contributed by atoms with Crippen molar-refractivity contribution in [3.8, 4) is 0 Å². The molecule has 0 saturated heterocycles. The Morgan fingerprint density at radius 1 is 1.22 bits per heavy atom. The summed E-state index contributed by atoms with van der Waals surface area (Å²) in [6.45, 7) is 0. The van der Waals surface area contributed by atoms with Crippen molar-refractivity contribution in [2.45, 2.75) is 0 Å². The molecule has 0 bridgehead atoms. The van der Waals surface area contributed by atoms with Crippen LogP contribution in [0.25, 0.3) is 11.6 Å². The molecule has 18 heavy (non-hydrogen) atoms. The van der Waals surface area contributed by atoms with Gasteiger partial charge in [-0.15, -0.1) is 0 Å². The second kappa shape index (κ2) is 5.47. The smallest absolute Gasteiger partial charge is 0.336 e. The van der Waals surface area contributed by atoms with Gasteiger partial charge < -0.3 is 5.11 Å². The summed E-state index contributed by atoms with van der Waals surface area (Å²) < 4.78 is 0. The van der Waals surface area contributed by atoms with E-state index in [-0.39, 0.29) is 5.57 Å². The zero-order valence-electron chi connectivity index (χ0n) is 9.38. The summed E-state index contributed by atoms with van der Waals surface area (Å²) in [5.74, 6) is -1.01. The minimum absolute atomic E-state index is 0.163. The van der Waals surface area contributed by atoms with Crippen LogP contribution in [-0.4, -0.2) is 16.1 Å². The first-order valence-corrected chi connectivity index (χ1v) is 5.66. The molecule has 0 aliphatic heterocycles. The molecule has 2 rings (SSSR count). The number of carbonyl (C=O) groups is 1. The van der Waals surface area contributed by atoms with Gasteiger partial charge in [0, 0.05) is 23.0 Å². The third-order valence-electron chi connectivity index (χ3n) is 2.41. The van der Waals surface area contributed by atoms with E-state index in [9.17, 15) is 9.90 Å². The first-order valence-electron chi connectivity index (χ1n) is 5.28. The van der Waals surface area contributed by atoms with Gasteiger partial charge in [-0.05, 0) is 23.8 Å². The van der Waals surface area contributed by atoms with Crippen molar-refractivity contribution >= 4 is 29.2 Å². The van der Waals surface area contributed by atoms with Crippen molar-refractivity contribution in [2.24, 2.45) is 0 Å². The third-order valence-corrected chi connectivity index (χ3v) is 2.75. The van der Waals surface area contributed by atoms with Crippen LogP contribution in [0.4, 0.5) is 0 Å². The van der Waals surface area contributed by atoms with Crippen LogP contribution in [0.3, 0.4) is 0 Å². The Kier molecular flexibility index (Phi) is 3.75. The van der Waals surface area contributed by atoms with E-state index in [1.54, 1.807) is 48.7 Å². The highest BCUT2D eigenvalue weighted by molar-refractivity contribution is 6.33. The molecule has 0 amide bonds. The first kappa shape index (κ1) is 12.3. The van der Waals surface area contributed by atoms with E-state index in [2.05, 4.69) is 4.98 Å². The number of rotatable bonds is 3. The molecule has 1 heterocycles. The Hall–Kier alpha value is -2.13. The Morgan fingerprint density at radius 2 is 2.00 bits per heavy atom. The minimum atomic E-state index is -1.01. The average Bonchev–Trinajstić information content (AvgIpc) is 2.38. The number of pyridine rings is 1. The second-order valence-electron chi connectivity index (χ2n) is 3.63. The van der Waals surface area contributed by atoms with E-state index >= 15 is 0 Å². The standard InChI is InChI=1S/C14H10ClNO2/c15-13-6-2-1-4-10(13)8-12(14(17)18)11-5-3-7-16-9-11/h1-9H,(H,17,18)/b12-8+. The van der Waals surface area contributed by atoms with Crippen molar-refractivity contribution in [3.63, 3.8) is 0 Å². The Bertz CT molecular complexity index is 594. The molecule has 4 heteroatoms. The zero-order valence-corrected chi connectivity index (χ0v) is 10.1.